The van der Waals surface area contributed by atoms with Crippen molar-refractivity contribution in [3.63, 3.8) is 0 Å². The van der Waals surface area contributed by atoms with Crippen LogP contribution < -0.4 is 15.4 Å². The maximum Gasteiger partial charge on any atom is 0.258 e. The summed E-state index contributed by atoms with van der Waals surface area (Å²) in [5.74, 6) is 0.313. The van der Waals surface area contributed by atoms with Crippen molar-refractivity contribution in [1.29, 1.82) is 0 Å². The molecule has 0 aliphatic carbocycles. The second-order valence-corrected chi connectivity index (χ2v) is 11.6. The standard InChI is InChI=1S/C32H28ClN3O3S/c1-32(2)19-21-8-13-24(39-3)17-27(21)28(36-32)18-29(37)20-6-11-23(12-7-20)35-30(38)26-5-4-16-34-31(26)40-25-14-9-22(33)10-15-25/h4-18,36H,19H2,1-3H3,(H,35,38). The number of hydrogen-bond acceptors (Lipinski definition) is 6. The van der Waals surface area contributed by atoms with Crippen LogP contribution in [0, 0.1) is 0 Å². The van der Waals surface area contributed by atoms with E-state index in [4.69, 9.17) is 16.3 Å². The number of methoxy groups -OCH3 is 1. The molecule has 2 N–H and O–H groups in total. The van der Waals surface area contributed by atoms with E-state index in [1.165, 1.54) is 11.8 Å². The van der Waals surface area contributed by atoms with E-state index in [9.17, 15) is 9.59 Å². The van der Waals surface area contributed by atoms with Crippen LogP contribution in [0.1, 0.15) is 45.7 Å². The molecule has 5 rings (SSSR count). The largest absolute Gasteiger partial charge is 0.497 e. The third-order valence-corrected chi connectivity index (χ3v) is 7.74. The molecule has 1 aliphatic heterocycles. The molecular weight excluding hydrogens is 542 g/mol. The number of nitrogens with one attached hydrogen (secondary N) is 2. The summed E-state index contributed by atoms with van der Waals surface area (Å²) in [6.45, 7) is 4.22. The molecule has 6 nitrogen and oxygen atoms in total. The van der Waals surface area contributed by atoms with Gasteiger partial charge in [0, 0.05) is 50.2 Å². The number of allylic oxidation sites excluding steroid dienone is 1. The van der Waals surface area contributed by atoms with E-state index < -0.39 is 0 Å². The SMILES string of the molecule is COc1ccc2c(c1)C(=CC(=O)c1ccc(NC(=O)c3cccnc3Sc3ccc(Cl)cc3)cc1)NC(C)(C)C2. The third-order valence-electron chi connectivity index (χ3n) is 6.46. The Hall–Kier alpha value is -4.07. The van der Waals surface area contributed by atoms with Gasteiger partial charge in [0.2, 0.25) is 0 Å². The Kier molecular flexibility index (Phi) is 7.96. The van der Waals surface area contributed by atoms with Crippen LogP contribution >= 0.6 is 23.4 Å². The van der Waals surface area contributed by atoms with Crippen LogP contribution in [0.5, 0.6) is 5.75 Å². The first-order valence-corrected chi connectivity index (χ1v) is 13.9. The number of carbonyl (C=O) groups excluding carboxylic acids is 2. The van der Waals surface area contributed by atoms with Crippen molar-refractivity contribution in [1.82, 2.24) is 10.3 Å². The van der Waals surface area contributed by atoms with Crippen LogP contribution in [0.15, 0.2) is 101 Å². The molecular formula is C32H28ClN3O3S. The highest BCUT2D eigenvalue weighted by molar-refractivity contribution is 7.99. The van der Waals surface area contributed by atoms with Crippen LogP contribution in [-0.2, 0) is 6.42 Å². The van der Waals surface area contributed by atoms with Crippen molar-refractivity contribution in [2.45, 2.75) is 35.7 Å². The van der Waals surface area contributed by atoms with Gasteiger partial charge in [-0.3, -0.25) is 9.59 Å². The van der Waals surface area contributed by atoms with E-state index in [0.717, 1.165) is 33.9 Å². The predicted molar refractivity (Wildman–Crippen MR) is 160 cm³/mol. The molecule has 3 aromatic carbocycles. The van der Waals surface area contributed by atoms with Gasteiger partial charge in [-0.2, -0.15) is 0 Å². The quantitative estimate of drug-likeness (QED) is 0.180. The number of benzene rings is 3. The van der Waals surface area contributed by atoms with Crippen molar-refractivity contribution in [3.8, 4) is 5.75 Å². The number of hydrogen-bond donors (Lipinski definition) is 2. The van der Waals surface area contributed by atoms with Gasteiger partial charge in [0.25, 0.3) is 5.91 Å². The zero-order chi connectivity index (χ0) is 28.3. The van der Waals surface area contributed by atoms with Gasteiger partial charge in [0.05, 0.1) is 12.7 Å². The Morgan fingerprint density at radius 3 is 2.52 bits per heavy atom. The highest BCUT2D eigenvalue weighted by Gasteiger charge is 2.28. The second-order valence-electron chi connectivity index (χ2n) is 10.1. The first-order valence-electron chi connectivity index (χ1n) is 12.7. The molecule has 0 atom stereocenters. The normalized spacial score (nSPS) is 14.7. The molecule has 0 radical (unpaired) electrons. The number of amides is 1. The molecule has 8 heteroatoms. The lowest BCUT2D eigenvalue weighted by atomic mass is 9.85. The van der Waals surface area contributed by atoms with Gasteiger partial charge in [-0.15, -0.1) is 0 Å². The highest BCUT2D eigenvalue weighted by Crippen LogP contribution is 2.33. The average Bonchev–Trinajstić information content (AvgIpc) is 2.94. The number of ketones is 1. The fraction of sp³-hybridized carbons (Fsp3) is 0.156. The summed E-state index contributed by atoms with van der Waals surface area (Å²) in [7, 11) is 1.63. The van der Waals surface area contributed by atoms with E-state index in [-0.39, 0.29) is 17.2 Å². The minimum Gasteiger partial charge on any atom is -0.497 e. The van der Waals surface area contributed by atoms with Gasteiger partial charge in [-0.1, -0.05) is 29.4 Å². The Morgan fingerprint density at radius 1 is 1.05 bits per heavy atom. The van der Waals surface area contributed by atoms with Gasteiger partial charge < -0.3 is 15.4 Å². The molecule has 0 bridgehead atoms. The molecule has 1 amide bonds. The topological polar surface area (TPSA) is 80.3 Å². The van der Waals surface area contributed by atoms with Crippen LogP contribution in [0.3, 0.4) is 0 Å². The van der Waals surface area contributed by atoms with Gasteiger partial charge in [0.15, 0.2) is 5.78 Å². The van der Waals surface area contributed by atoms with E-state index in [1.54, 1.807) is 67.9 Å². The van der Waals surface area contributed by atoms with E-state index >= 15 is 0 Å². The first kappa shape index (κ1) is 27.5. The highest BCUT2D eigenvalue weighted by atomic mass is 35.5. The van der Waals surface area contributed by atoms with Gasteiger partial charge >= 0.3 is 0 Å². The Morgan fingerprint density at radius 2 is 1.80 bits per heavy atom. The Balaban J connectivity index is 1.32. The fourth-order valence-electron chi connectivity index (χ4n) is 4.54. The van der Waals surface area contributed by atoms with Crippen molar-refractivity contribution < 1.29 is 14.3 Å². The molecule has 202 valence electrons. The number of nitrogens with zero attached hydrogens (tertiary/aromatic N) is 1. The second kappa shape index (κ2) is 11.6. The third kappa shape index (κ3) is 6.38. The van der Waals surface area contributed by atoms with E-state index in [0.29, 0.717) is 26.9 Å². The minimum atomic E-state index is -0.287. The summed E-state index contributed by atoms with van der Waals surface area (Å²) in [6.07, 6.45) is 4.12. The lowest BCUT2D eigenvalue weighted by Crippen LogP contribution is -2.43. The molecule has 40 heavy (non-hydrogen) atoms. The van der Waals surface area contributed by atoms with Gasteiger partial charge in [-0.05, 0) is 98.6 Å². The summed E-state index contributed by atoms with van der Waals surface area (Å²) in [6, 6.07) is 23.6. The summed E-state index contributed by atoms with van der Waals surface area (Å²) in [5, 5.41) is 7.63. The summed E-state index contributed by atoms with van der Waals surface area (Å²) in [5.41, 5.74) is 4.22. The van der Waals surface area contributed by atoms with Gasteiger partial charge in [-0.25, -0.2) is 4.98 Å². The number of fused-ring (bicyclic) bond motifs is 1. The number of halogens is 1. The van der Waals surface area contributed by atoms with Crippen molar-refractivity contribution in [2.75, 3.05) is 12.4 Å². The molecule has 0 spiro atoms. The van der Waals surface area contributed by atoms with Crippen LogP contribution in [0.25, 0.3) is 5.70 Å². The van der Waals surface area contributed by atoms with E-state index in [1.807, 2.05) is 30.3 Å². The Bertz CT molecular complexity index is 1600. The monoisotopic (exact) mass is 569 g/mol. The number of anilines is 1. The zero-order valence-corrected chi connectivity index (χ0v) is 23.9. The van der Waals surface area contributed by atoms with Crippen molar-refractivity contribution >= 4 is 46.4 Å². The van der Waals surface area contributed by atoms with Crippen molar-refractivity contribution in [3.05, 3.63) is 118 Å². The Labute approximate surface area is 242 Å². The number of carbonyl (C=O) groups is 2. The number of ether oxygens (including phenoxy) is 1. The lowest BCUT2D eigenvalue weighted by Gasteiger charge is -2.35. The first-order chi connectivity index (χ1) is 19.2. The maximum absolute atomic E-state index is 13.2. The summed E-state index contributed by atoms with van der Waals surface area (Å²) < 4.78 is 5.40. The molecule has 4 aromatic rings. The number of pyridine rings is 1. The van der Waals surface area contributed by atoms with Crippen LogP contribution in [-0.4, -0.2) is 29.3 Å². The van der Waals surface area contributed by atoms with E-state index in [2.05, 4.69) is 29.5 Å². The van der Waals surface area contributed by atoms with Gasteiger partial charge in [0.1, 0.15) is 10.8 Å². The molecule has 0 fully saturated rings. The predicted octanol–water partition coefficient (Wildman–Crippen LogP) is 7.30. The molecule has 0 saturated heterocycles. The fourth-order valence-corrected chi connectivity index (χ4v) is 5.55. The molecule has 1 aromatic heterocycles. The number of rotatable bonds is 7. The molecule has 0 saturated carbocycles. The van der Waals surface area contributed by atoms with Crippen LogP contribution in [0.2, 0.25) is 5.02 Å². The smallest absolute Gasteiger partial charge is 0.258 e. The minimum absolute atomic E-state index is 0.138. The van der Waals surface area contributed by atoms with Crippen molar-refractivity contribution in [2.24, 2.45) is 0 Å². The molecule has 1 aliphatic rings. The van der Waals surface area contributed by atoms with Crippen LogP contribution in [0.4, 0.5) is 5.69 Å². The average molecular weight is 570 g/mol. The lowest BCUT2D eigenvalue weighted by molar-refractivity contribution is 0.102. The molecule has 0 unspecified atom stereocenters. The summed E-state index contributed by atoms with van der Waals surface area (Å²) >= 11 is 7.37. The molecule has 2 heterocycles. The maximum atomic E-state index is 13.2. The summed E-state index contributed by atoms with van der Waals surface area (Å²) in [4.78, 5) is 31.7. The number of aromatic nitrogens is 1. The zero-order valence-electron chi connectivity index (χ0n) is 22.3.